The van der Waals surface area contributed by atoms with E-state index in [0.717, 1.165) is 5.69 Å². The lowest BCUT2D eigenvalue weighted by Crippen LogP contribution is -2.32. The van der Waals surface area contributed by atoms with Crippen LogP contribution in [-0.2, 0) is 6.54 Å². The highest BCUT2D eigenvalue weighted by Gasteiger charge is 2.16. The molecule has 2 aromatic carbocycles. The lowest BCUT2D eigenvalue weighted by molar-refractivity contribution is 0.0698. The first-order valence-electron chi connectivity index (χ1n) is 9.19. The molecule has 0 saturated heterocycles. The second kappa shape index (κ2) is 8.52. The zero-order chi connectivity index (χ0) is 20.1. The molecular weight excluding hydrogens is 352 g/mol. The normalized spacial score (nSPS) is 10.7. The van der Waals surface area contributed by atoms with Crippen molar-refractivity contribution in [2.45, 2.75) is 33.4 Å². The van der Waals surface area contributed by atoms with Crippen LogP contribution in [0.5, 0.6) is 0 Å². The van der Waals surface area contributed by atoms with E-state index in [4.69, 9.17) is 0 Å². The maximum absolute atomic E-state index is 11.5. The molecule has 1 aromatic heterocycles. The molecule has 3 rings (SSSR count). The molecule has 0 radical (unpaired) electrons. The molecule has 0 aliphatic rings. The minimum Gasteiger partial charge on any atom is -0.478 e. The number of hydrogen-bond acceptors (Lipinski definition) is 5. The second-order valence-corrected chi connectivity index (χ2v) is 6.88. The van der Waals surface area contributed by atoms with Crippen molar-refractivity contribution in [2.75, 3.05) is 10.2 Å². The van der Waals surface area contributed by atoms with Crippen LogP contribution in [0.1, 0.15) is 35.5 Å². The molecule has 0 fully saturated rings. The van der Waals surface area contributed by atoms with Gasteiger partial charge >= 0.3 is 5.97 Å². The van der Waals surface area contributed by atoms with Crippen molar-refractivity contribution >= 4 is 23.4 Å². The minimum absolute atomic E-state index is 0.196. The number of nitrogens with zero attached hydrogens (tertiary/aromatic N) is 3. The summed E-state index contributed by atoms with van der Waals surface area (Å²) < 4.78 is 0. The number of rotatable bonds is 7. The summed E-state index contributed by atoms with van der Waals surface area (Å²) in [4.78, 5) is 22.9. The summed E-state index contributed by atoms with van der Waals surface area (Å²) in [5.74, 6) is 0.186. The maximum atomic E-state index is 11.5. The third kappa shape index (κ3) is 4.65. The molecule has 28 heavy (non-hydrogen) atoms. The molecule has 0 aliphatic carbocycles. The van der Waals surface area contributed by atoms with Gasteiger partial charge in [-0.05, 0) is 38.5 Å². The Kier molecular flexibility index (Phi) is 5.89. The van der Waals surface area contributed by atoms with Gasteiger partial charge in [0.15, 0.2) is 0 Å². The molecule has 6 nitrogen and oxygen atoms in total. The molecule has 0 spiro atoms. The molecule has 0 aliphatic heterocycles. The zero-order valence-corrected chi connectivity index (χ0v) is 16.3. The van der Waals surface area contributed by atoms with Crippen molar-refractivity contribution in [2.24, 2.45) is 0 Å². The molecule has 1 heterocycles. The Balaban J connectivity index is 1.93. The summed E-state index contributed by atoms with van der Waals surface area (Å²) in [7, 11) is 0. The minimum atomic E-state index is -0.984. The van der Waals surface area contributed by atoms with Crippen LogP contribution in [0.4, 0.5) is 17.5 Å². The van der Waals surface area contributed by atoms with Crippen LogP contribution in [0.25, 0.3) is 0 Å². The van der Waals surface area contributed by atoms with E-state index in [9.17, 15) is 9.90 Å². The molecule has 6 heteroatoms. The summed E-state index contributed by atoms with van der Waals surface area (Å²) >= 11 is 0. The molecule has 0 bridgehead atoms. The highest BCUT2D eigenvalue weighted by atomic mass is 16.4. The number of aromatic carboxylic acids is 1. The van der Waals surface area contributed by atoms with Crippen molar-refractivity contribution in [3.63, 3.8) is 0 Å². The van der Waals surface area contributed by atoms with Gasteiger partial charge in [-0.15, -0.1) is 0 Å². The number of para-hydroxylation sites is 1. The van der Waals surface area contributed by atoms with E-state index in [1.165, 1.54) is 5.56 Å². The van der Waals surface area contributed by atoms with Gasteiger partial charge in [0.1, 0.15) is 5.82 Å². The molecule has 3 aromatic rings. The number of nitrogens with one attached hydrogen (secondary N) is 1. The van der Waals surface area contributed by atoms with E-state index in [-0.39, 0.29) is 11.6 Å². The molecule has 144 valence electrons. The Labute approximate surface area is 164 Å². The van der Waals surface area contributed by atoms with Crippen molar-refractivity contribution in [3.05, 3.63) is 77.5 Å². The van der Waals surface area contributed by atoms with E-state index in [0.29, 0.717) is 24.0 Å². The summed E-state index contributed by atoms with van der Waals surface area (Å²) in [6, 6.07) is 19.0. The first-order valence-corrected chi connectivity index (χ1v) is 9.19. The first kappa shape index (κ1) is 19.4. The predicted molar refractivity (Wildman–Crippen MR) is 111 cm³/mol. The fourth-order valence-electron chi connectivity index (χ4n) is 2.93. The molecule has 0 saturated carbocycles. The number of carbonyl (C=O) groups is 1. The molecule has 2 N–H and O–H groups in total. The average molecular weight is 376 g/mol. The number of aryl methyl sites for hydroxylation is 1. The van der Waals surface area contributed by atoms with Crippen LogP contribution in [0.15, 0.2) is 60.7 Å². The number of anilines is 3. The Morgan fingerprint density at radius 1 is 1.07 bits per heavy atom. The van der Waals surface area contributed by atoms with Gasteiger partial charge in [0.2, 0.25) is 5.95 Å². The van der Waals surface area contributed by atoms with Gasteiger partial charge in [-0.2, -0.15) is 4.98 Å². The largest absolute Gasteiger partial charge is 0.478 e. The number of carboxylic acids is 1. The Bertz CT molecular complexity index is 958. The topological polar surface area (TPSA) is 78.3 Å². The average Bonchev–Trinajstić information content (AvgIpc) is 2.66. The van der Waals surface area contributed by atoms with Crippen LogP contribution in [0, 0.1) is 6.92 Å². The standard InChI is InChI=1S/C22H24N4O2/c1-15(2)26(14-17-9-5-4-6-10-17)22-23-16(3)13-20(25-22)24-19-12-8-7-11-18(19)21(27)28/h4-13,15H,14H2,1-3H3,(H,27,28)(H,23,24,25). The van der Waals surface area contributed by atoms with Crippen LogP contribution in [-0.4, -0.2) is 27.1 Å². The van der Waals surface area contributed by atoms with Gasteiger partial charge < -0.3 is 15.3 Å². The number of carboxylic acid groups (broad SMARTS) is 1. The summed E-state index contributed by atoms with van der Waals surface area (Å²) in [6.07, 6.45) is 0. The molecular formula is C22H24N4O2. The fourth-order valence-corrected chi connectivity index (χ4v) is 2.93. The third-order valence-electron chi connectivity index (χ3n) is 4.34. The SMILES string of the molecule is Cc1cc(Nc2ccccc2C(=O)O)nc(N(Cc2ccccc2)C(C)C)n1. The van der Waals surface area contributed by atoms with Crippen LogP contribution in [0.3, 0.4) is 0 Å². The fraction of sp³-hybridized carbons (Fsp3) is 0.227. The van der Waals surface area contributed by atoms with Gasteiger partial charge in [0, 0.05) is 24.3 Å². The van der Waals surface area contributed by atoms with Gasteiger partial charge in [0.25, 0.3) is 0 Å². The third-order valence-corrected chi connectivity index (χ3v) is 4.34. The summed E-state index contributed by atoms with van der Waals surface area (Å²) in [5.41, 5.74) is 2.68. The van der Waals surface area contributed by atoms with Gasteiger partial charge in [-0.3, -0.25) is 0 Å². The summed E-state index contributed by atoms with van der Waals surface area (Å²) in [6.45, 7) is 6.79. The quantitative estimate of drug-likeness (QED) is 0.625. The van der Waals surface area contributed by atoms with Gasteiger partial charge in [0.05, 0.1) is 11.3 Å². The first-order chi connectivity index (χ1) is 13.4. The lowest BCUT2D eigenvalue weighted by Gasteiger charge is -2.27. The molecule has 0 amide bonds. The monoisotopic (exact) mass is 376 g/mol. The van der Waals surface area contributed by atoms with Gasteiger partial charge in [-0.1, -0.05) is 42.5 Å². The number of hydrogen-bond donors (Lipinski definition) is 2. The number of aromatic nitrogens is 2. The zero-order valence-electron chi connectivity index (χ0n) is 16.3. The summed E-state index contributed by atoms with van der Waals surface area (Å²) in [5, 5.41) is 12.5. The lowest BCUT2D eigenvalue weighted by atomic mass is 10.2. The highest BCUT2D eigenvalue weighted by molar-refractivity contribution is 5.95. The molecule has 0 unspecified atom stereocenters. The smallest absolute Gasteiger partial charge is 0.337 e. The van der Waals surface area contributed by atoms with Crippen molar-refractivity contribution < 1.29 is 9.90 Å². The van der Waals surface area contributed by atoms with E-state index >= 15 is 0 Å². The van der Waals surface area contributed by atoms with E-state index in [1.807, 2.05) is 31.2 Å². The van der Waals surface area contributed by atoms with Crippen LogP contribution < -0.4 is 10.2 Å². The van der Waals surface area contributed by atoms with Gasteiger partial charge in [-0.25, -0.2) is 9.78 Å². The van der Waals surface area contributed by atoms with E-state index < -0.39 is 5.97 Å². The van der Waals surface area contributed by atoms with Crippen LogP contribution >= 0.6 is 0 Å². The van der Waals surface area contributed by atoms with Crippen LogP contribution in [0.2, 0.25) is 0 Å². The maximum Gasteiger partial charge on any atom is 0.337 e. The Hall–Kier alpha value is -3.41. The molecule has 0 atom stereocenters. The van der Waals surface area contributed by atoms with E-state index in [1.54, 1.807) is 24.3 Å². The predicted octanol–water partition coefficient (Wildman–Crippen LogP) is 4.64. The van der Waals surface area contributed by atoms with Crippen molar-refractivity contribution in [1.29, 1.82) is 0 Å². The Morgan fingerprint density at radius 3 is 2.43 bits per heavy atom. The van der Waals surface area contributed by atoms with Crippen molar-refractivity contribution in [1.82, 2.24) is 9.97 Å². The number of benzene rings is 2. The van der Waals surface area contributed by atoms with Crippen molar-refractivity contribution in [3.8, 4) is 0 Å². The highest BCUT2D eigenvalue weighted by Crippen LogP contribution is 2.23. The second-order valence-electron chi connectivity index (χ2n) is 6.88. The van der Waals surface area contributed by atoms with E-state index in [2.05, 4.69) is 46.2 Å². The Morgan fingerprint density at radius 2 is 1.75 bits per heavy atom.